The van der Waals surface area contributed by atoms with Gasteiger partial charge in [0.25, 0.3) is 0 Å². The van der Waals surface area contributed by atoms with Crippen LogP contribution in [0.15, 0.2) is 42.5 Å². The van der Waals surface area contributed by atoms with E-state index in [0.29, 0.717) is 0 Å². The van der Waals surface area contributed by atoms with Crippen LogP contribution in [-0.4, -0.2) is 13.6 Å². The maximum atomic E-state index is 5.71. The van der Waals surface area contributed by atoms with Crippen LogP contribution in [0.1, 0.15) is 5.56 Å². The van der Waals surface area contributed by atoms with Gasteiger partial charge in [0.2, 0.25) is 0 Å². The second-order valence-corrected chi connectivity index (χ2v) is 4.64. The molecule has 0 fully saturated rings. The lowest BCUT2D eigenvalue weighted by Crippen LogP contribution is -2.12. The van der Waals surface area contributed by atoms with E-state index >= 15 is 0 Å². The zero-order valence-corrected chi connectivity index (χ0v) is 9.98. The van der Waals surface area contributed by atoms with Crippen LogP contribution in [0.4, 0.5) is 11.4 Å². The molecule has 0 amide bonds. The number of rotatable bonds is 1. The second kappa shape index (κ2) is 3.81. The average molecular weight is 224 g/mol. The minimum Gasteiger partial charge on any atom is -0.399 e. The van der Waals surface area contributed by atoms with Crippen LogP contribution in [0.5, 0.6) is 0 Å². The Morgan fingerprint density at radius 3 is 2.47 bits per heavy atom. The molecule has 86 valence electrons. The van der Waals surface area contributed by atoms with E-state index in [1.165, 1.54) is 22.4 Å². The summed E-state index contributed by atoms with van der Waals surface area (Å²) in [5.41, 5.74) is 11.8. The van der Waals surface area contributed by atoms with E-state index in [1.807, 2.05) is 12.1 Å². The number of likely N-dealkylation sites (N-methyl/N-ethyl adjacent to an activating group) is 1. The first-order chi connectivity index (χ1) is 8.24. The number of benzene rings is 2. The standard InChI is InChI=1S/C15H16N2/c1-17-9-8-13-10-12(4-7-15(13)17)11-2-5-14(16)6-3-11/h2-7,10H,8-9,16H2,1H3. The zero-order valence-electron chi connectivity index (χ0n) is 9.98. The number of hydrogen-bond donors (Lipinski definition) is 1. The molecule has 0 aliphatic carbocycles. The molecule has 2 nitrogen and oxygen atoms in total. The minimum absolute atomic E-state index is 0.814. The molecule has 2 heteroatoms. The largest absolute Gasteiger partial charge is 0.399 e. The SMILES string of the molecule is CN1CCc2cc(-c3ccc(N)cc3)ccc21. The summed E-state index contributed by atoms with van der Waals surface area (Å²) in [5.74, 6) is 0. The van der Waals surface area contributed by atoms with E-state index in [2.05, 4.69) is 42.3 Å². The first kappa shape index (κ1) is 10.2. The van der Waals surface area contributed by atoms with Gasteiger partial charge in [-0.05, 0) is 47.4 Å². The van der Waals surface area contributed by atoms with E-state index in [9.17, 15) is 0 Å². The third kappa shape index (κ3) is 1.76. The van der Waals surface area contributed by atoms with Crippen molar-refractivity contribution >= 4 is 11.4 Å². The number of nitrogens with zero attached hydrogens (tertiary/aromatic N) is 1. The van der Waals surface area contributed by atoms with Crippen LogP contribution in [0, 0.1) is 0 Å². The Balaban J connectivity index is 2.02. The van der Waals surface area contributed by atoms with Gasteiger partial charge in [-0.25, -0.2) is 0 Å². The van der Waals surface area contributed by atoms with Crippen LogP contribution < -0.4 is 10.6 Å². The summed E-state index contributed by atoms with van der Waals surface area (Å²) in [5, 5.41) is 0. The van der Waals surface area contributed by atoms with Crippen LogP contribution in [0.3, 0.4) is 0 Å². The molecular formula is C15H16N2. The molecule has 0 bridgehead atoms. The van der Waals surface area contributed by atoms with Gasteiger partial charge < -0.3 is 10.6 Å². The van der Waals surface area contributed by atoms with E-state index < -0.39 is 0 Å². The molecular weight excluding hydrogens is 208 g/mol. The van der Waals surface area contributed by atoms with Crippen molar-refractivity contribution < 1.29 is 0 Å². The number of hydrogen-bond acceptors (Lipinski definition) is 2. The number of nitrogen functional groups attached to an aromatic ring is 1. The highest BCUT2D eigenvalue weighted by Crippen LogP contribution is 2.31. The van der Waals surface area contributed by atoms with Crippen molar-refractivity contribution in [3.63, 3.8) is 0 Å². The number of anilines is 2. The molecule has 0 radical (unpaired) electrons. The maximum absolute atomic E-state index is 5.71. The molecule has 17 heavy (non-hydrogen) atoms. The van der Waals surface area contributed by atoms with E-state index in [4.69, 9.17) is 5.73 Å². The van der Waals surface area contributed by atoms with Crippen molar-refractivity contribution in [3.8, 4) is 11.1 Å². The van der Waals surface area contributed by atoms with Gasteiger partial charge in [-0.1, -0.05) is 18.2 Å². The van der Waals surface area contributed by atoms with Crippen molar-refractivity contribution in [2.45, 2.75) is 6.42 Å². The molecule has 2 N–H and O–H groups in total. The number of nitrogens with two attached hydrogens (primary N) is 1. The molecule has 0 saturated heterocycles. The normalized spacial score (nSPS) is 13.8. The minimum atomic E-state index is 0.814. The predicted octanol–water partition coefficient (Wildman–Crippen LogP) is 2.93. The Morgan fingerprint density at radius 1 is 1.00 bits per heavy atom. The van der Waals surface area contributed by atoms with Crippen molar-refractivity contribution in [2.24, 2.45) is 0 Å². The van der Waals surface area contributed by atoms with Crippen molar-refractivity contribution in [1.29, 1.82) is 0 Å². The van der Waals surface area contributed by atoms with Gasteiger partial charge in [0.05, 0.1) is 0 Å². The molecule has 0 aromatic heterocycles. The lowest BCUT2D eigenvalue weighted by Gasteiger charge is -2.12. The van der Waals surface area contributed by atoms with Gasteiger partial charge in [-0.3, -0.25) is 0 Å². The van der Waals surface area contributed by atoms with Crippen LogP contribution in [0.25, 0.3) is 11.1 Å². The summed E-state index contributed by atoms with van der Waals surface area (Å²) in [6.45, 7) is 1.13. The Labute approximate surface area is 102 Å². The second-order valence-electron chi connectivity index (χ2n) is 4.64. The summed E-state index contributed by atoms with van der Waals surface area (Å²) >= 11 is 0. The summed E-state index contributed by atoms with van der Waals surface area (Å²) < 4.78 is 0. The molecule has 2 aromatic carbocycles. The Morgan fingerprint density at radius 2 is 1.71 bits per heavy atom. The van der Waals surface area contributed by atoms with E-state index in [1.54, 1.807) is 0 Å². The molecule has 0 atom stereocenters. The molecule has 0 spiro atoms. The first-order valence-electron chi connectivity index (χ1n) is 5.94. The lowest BCUT2D eigenvalue weighted by atomic mass is 10.0. The highest BCUT2D eigenvalue weighted by molar-refractivity contribution is 5.71. The first-order valence-corrected chi connectivity index (χ1v) is 5.94. The van der Waals surface area contributed by atoms with Gasteiger partial charge in [0.1, 0.15) is 0 Å². The Hall–Kier alpha value is -1.96. The summed E-state index contributed by atoms with van der Waals surface area (Å²) in [7, 11) is 2.15. The highest BCUT2D eigenvalue weighted by Gasteiger charge is 2.15. The molecule has 1 aliphatic heterocycles. The molecule has 1 aliphatic rings. The third-order valence-corrected chi connectivity index (χ3v) is 3.45. The van der Waals surface area contributed by atoms with Crippen LogP contribution in [-0.2, 0) is 6.42 Å². The van der Waals surface area contributed by atoms with Crippen molar-refractivity contribution in [1.82, 2.24) is 0 Å². The summed E-state index contributed by atoms with van der Waals surface area (Å²) in [6, 6.07) is 14.8. The average Bonchev–Trinajstić information content (AvgIpc) is 2.72. The van der Waals surface area contributed by atoms with Gasteiger partial charge in [-0.15, -0.1) is 0 Å². The summed E-state index contributed by atoms with van der Waals surface area (Å²) in [4.78, 5) is 2.31. The van der Waals surface area contributed by atoms with Crippen LogP contribution in [0.2, 0.25) is 0 Å². The Kier molecular flexibility index (Phi) is 2.29. The lowest BCUT2D eigenvalue weighted by molar-refractivity contribution is 0.956. The zero-order chi connectivity index (χ0) is 11.8. The molecule has 1 heterocycles. The highest BCUT2D eigenvalue weighted by atomic mass is 15.1. The molecule has 0 unspecified atom stereocenters. The molecule has 2 aromatic rings. The van der Waals surface area contributed by atoms with E-state index in [-0.39, 0.29) is 0 Å². The van der Waals surface area contributed by atoms with E-state index in [0.717, 1.165) is 18.7 Å². The van der Waals surface area contributed by atoms with Gasteiger partial charge >= 0.3 is 0 Å². The molecule has 3 rings (SSSR count). The smallest absolute Gasteiger partial charge is 0.0397 e. The third-order valence-electron chi connectivity index (χ3n) is 3.45. The monoisotopic (exact) mass is 224 g/mol. The Bertz CT molecular complexity index is 543. The fraction of sp³-hybridized carbons (Fsp3) is 0.200. The topological polar surface area (TPSA) is 29.3 Å². The van der Waals surface area contributed by atoms with Gasteiger partial charge in [-0.2, -0.15) is 0 Å². The fourth-order valence-corrected chi connectivity index (χ4v) is 2.42. The van der Waals surface area contributed by atoms with Crippen molar-refractivity contribution in [2.75, 3.05) is 24.2 Å². The van der Waals surface area contributed by atoms with Gasteiger partial charge in [0.15, 0.2) is 0 Å². The molecule has 0 saturated carbocycles. The fourth-order valence-electron chi connectivity index (χ4n) is 2.42. The quantitative estimate of drug-likeness (QED) is 0.755. The van der Waals surface area contributed by atoms with Crippen LogP contribution >= 0.6 is 0 Å². The van der Waals surface area contributed by atoms with Crippen molar-refractivity contribution in [3.05, 3.63) is 48.0 Å². The number of fused-ring (bicyclic) bond motifs is 1. The van der Waals surface area contributed by atoms with Gasteiger partial charge in [0, 0.05) is 25.0 Å². The predicted molar refractivity (Wildman–Crippen MR) is 73.3 cm³/mol. The maximum Gasteiger partial charge on any atom is 0.0397 e. The summed E-state index contributed by atoms with van der Waals surface area (Å²) in [6.07, 6.45) is 1.15.